The first-order valence-corrected chi connectivity index (χ1v) is 10.4. The predicted octanol–water partition coefficient (Wildman–Crippen LogP) is 3.38. The lowest BCUT2D eigenvalue weighted by Crippen LogP contribution is -2.40. The zero-order valence-corrected chi connectivity index (χ0v) is 16.8. The molecule has 138 valence electrons. The molecule has 2 aromatic rings. The first-order valence-electron chi connectivity index (χ1n) is 7.82. The van der Waals surface area contributed by atoms with E-state index in [0.717, 1.165) is 4.47 Å². The van der Waals surface area contributed by atoms with Crippen LogP contribution in [-0.4, -0.2) is 44.9 Å². The van der Waals surface area contributed by atoms with Crippen LogP contribution in [0.25, 0.3) is 0 Å². The minimum absolute atomic E-state index is 0.179. The van der Waals surface area contributed by atoms with Crippen molar-refractivity contribution in [3.05, 3.63) is 57.5 Å². The van der Waals surface area contributed by atoms with E-state index in [9.17, 15) is 13.2 Å². The maximum Gasteiger partial charge on any atom is 0.257 e. The van der Waals surface area contributed by atoms with E-state index >= 15 is 0 Å². The Morgan fingerprint density at radius 3 is 2.42 bits per heavy atom. The van der Waals surface area contributed by atoms with Crippen LogP contribution < -0.4 is 5.32 Å². The molecule has 9 heteroatoms. The van der Waals surface area contributed by atoms with Crippen molar-refractivity contribution >= 4 is 49.1 Å². The number of anilines is 1. The predicted molar refractivity (Wildman–Crippen MR) is 103 cm³/mol. The van der Waals surface area contributed by atoms with Crippen LogP contribution in [0.3, 0.4) is 0 Å². The standard InChI is InChI=1S/C17H16BrClN2O4S/c18-12-1-6-16(19)15(11-12)17(22)20-13-2-4-14(5-3-13)26(23,24)21-7-9-25-10-8-21/h1-6,11H,7-10H2,(H,20,22). The second-order valence-corrected chi connectivity index (χ2v) is 8.88. The summed E-state index contributed by atoms with van der Waals surface area (Å²) in [5.41, 5.74) is 0.804. The Labute approximate surface area is 165 Å². The second kappa shape index (κ2) is 8.06. The third-order valence-electron chi connectivity index (χ3n) is 3.89. The lowest BCUT2D eigenvalue weighted by molar-refractivity contribution is 0.0730. The van der Waals surface area contributed by atoms with E-state index in [1.807, 2.05) is 0 Å². The summed E-state index contributed by atoms with van der Waals surface area (Å²) in [6.45, 7) is 1.45. The van der Waals surface area contributed by atoms with Gasteiger partial charge in [-0.1, -0.05) is 27.5 Å². The number of rotatable bonds is 4. The number of carbonyl (C=O) groups excluding carboxylic acids is 1. The smallest absolute Gasteiger partial charge is 0.257 e. The van der Waals surface area contributed by atoms with Crippen molar-refractivity contribution in [2.75, 3.05) is 31.6 Å². The Kier molecular flexibility index (Phi) is 5.99. The summed E-state index contributed by atoms with van der Waals surface area (Å²) in [6, 6.07) is 11.0. The molecule has 1 aliphatic rings. The van der Waals surface area contributed by atoms with E-state index in [2.05, 4.69) is 21.2 Å². The number of nitrogens with one attached hydrogen (secondary N) is 1. The molecular weight excluding hydrogens is 444 g/mol. The van der Waals surface area contributed by atoms with Gasteiger partial charge in [-0.3, -0.25) is 4.79 Å². The Balaban J connectivity index is 1.75. The SMILES string of the molecule is O=C(Nc1ccc(S(=O)(=O)N2CCOCC2)cc1)c1cc(Br)ccc1Cl. The van der Waals surface area contributed by atoms with Crippen LogP contribution in [0.5, 0.6) is 0 Å². The maximum absolute atomic E-state index is 12.6. The van der Waals surface area contributed by atoms with E-state index < -0.39 is 10.0 Å². The summed E-state index contributed by atoms with van der Waals surface area (Å²) < 4.78 is 32.5. The third kappa shape index (κ3) is 4.27. The van der Waals surface area contributed by atoms with Gasteiger partial charge >= 0.3 is 0 Å². The van der Waals surface area contributed by atoms with Gasteiger partial charge in [0.25, 0.3) is 5.91 Å². The molecule has 0 atom stereocenters. The van der Waals surface area contributed by atoms with Crippen LogP contribution in [0.2, 0.25) is 5.02 Å². The average Bonchev–Trinajstić information content (AvgIpc) is 2.65. The zero-order chi connectivity index (χ0) is 18.7. The zero-order valence-electron chi connectivity index (χ0n) is 13.6. The highest BCUT2D eigenvalue weighted by Crippen LogP contribution is 2.23. The van der Waals surface area contributed by atoms with E-state index in [-0.39, 0.29) is 10.8 Å². The van der Waals surface area contributed by atoms with Crippen molar-refractivity contribution in [2.24, 2.45) is 0 Å². The van der Waals surface area contributed by atoms with Gasteiger partial charge in [-0.2, -0.15) is 4.31 Å². The summed E-state index contributed by atoms with van der Waals surface area (Å²) in [5.74, 6) is -0.375. The molecule has 0 radical (unpaired) electrons. The normalized spacial score (nSPS) is 15.6. The Morgan fingerprint density at radius 1 is 1.12 bits per heavy atom. The van der Waals surface area contributed by atoms with E-state index in [1.165, 1.54) is 16.4 Å². The monoisotopic (exact) mass is 458 g/mol. The largest absolute Gasteiger partial charge is 0.379 e. The number of amides is 1. The van der Waals surface area contributed by atoms with Crippen LogP contribution in [0.4, 0.5) is 5.69 Å². The van der Waals surface area contributed by atoms with Gasteiger partial charge in [0.2, 0.25) is 10.0 Å². The molecular formula is C17H16BrClN2O4S. The van der Waals surface area contributed by atoms with Crippen molar-refractivity contribution in [3.63, 3.8) is 0 Å². The van der Waals surface area contributed by atoms with Crippen LogP contribution in [-0.2, 0) is 14.8 Å². The fourth-order valence-electron chi connectivity index (χ4n) is 2.52. The number of hydrogen-bond donors (Lipinski definition) is 1. The first kappa shape index (κ1) is 19.3. The van der Waals surface area contributed by atoms with Crippen LogP contribution in [0.15, 0.2) is 51.8 Å². The average molecular weight is 460 g/mol. The van der Waals surface area contributed by atoms with Crippen LogP contribution in [0.1, 0.15) is 10.4 Å². The highest BCUT2D eigenvalue weighted by molar-refractivity contribution is 9.10. The molecule has 1 heterocycles. The van der Waals surface area contributed by atoms with E-state index in [1.54, 1.807) is 30.3 Å². The van der Waals surface area contributed by atoms with Crippen molar-refractivity contribution < 1.29 is 17.9 Å². The van der Waals surface area contributed by atoms with Gasteiger partial charge in [0, 0.05) is 23.2 Å². The molecule has 1 aliphatic heterocycles. The summed E-state index contributed by atoms with van der Waals surface area (Å²) in [7, 11) is -3.56. The Morgan fingerprint density at radius 2 is 1.77 bits per heavy atom. The molecule has 0 aliphatic carbocycles. The third-order valence-corrected chi connectivity index (χ3v) is 6.63. The molecule has 26 heavy (non-hydrogen) atoms. The van der Waals surface area contributed by atoms with Gasteiger partial charge < -0.3 is 10.1 Å². The van der Waals surface area contributed by atoms with Crippen molar-refractivity contribution in [3.8, 4) is 0 Å². The number of halogens is 2. The molecule has 3 rings (SSSR count). The van der Waals surface area contributed by atoms with Crippen LogP contribution >= 0.6 is 27.5 Å². The first-order chi connectivity index (χ1) is 12.4. The summed E-state index contributed by atoms with van der Waals surface area (Å²) in [4.78, 5) is 12.5. The van der Waals surface area contributed by atoms with Gasteiger partial charge in [-0.05, 0) is 42.5 Å². The topological polar surface area (TPSA) is 75.7 Å². The van der Waals surface area contributed by atoms with Gasteiger partial charge in [-0.15, -0.1) is 0 Å². The Bertz CT molecular complexity index is 913. The summed E-state index contributed by atoms with van der Waals surface area (Å²) in [6.07, 6.45) is 0. The minimum Gasteiger partial charge on any atom is -0.379 e. The second-order valence-electron chi connectivity index (χ2n) is 5.62. The molecule has 0 aromatic heterocycles. The van der Waals surface area contributed by atoms with Crippen LogP contribution in [0, 0.1) is 0 Å². The molecule has 6 nitrogen and oxygen atoms in total. The molecule has 0 saturated carbocycles. The number of benzene rings is 2. The lowest BCUT2D eigenvalue weighted by Gasteiger charge is -2.26. The lowest BCUT2D eigenvalue weighted by atomic mass is 10.2. The number of nitrogens with zero attached hydrogens (tertiary/aromatic N) is 1. The highest BCUT2D eigenvalue weighted by atomic mass is 79.9. The quantitative estimate of drug-likeness (QED) is 0.760. The molecule has 1 amide bonds. The van der Waals surface area contributed by atoms with Gasteiger partial charge in [-0.25, -0.2) is 8.42 Å². The fraction of sp³-hybridized carbons (Fsp3) is 0.235. The van der Waals surface area contributed by atoms with Gasteiger partial charge in [0.1, 0.15) is 0 Å². The van der Waals surface area contributed by atoms with Crippen molar-refractivity contribution in [2.45, 2.75) is 4.90 Å². The van der Waals surface area contributed by atoms with Gasteiger partial charge in [0.15, 0.2) is 0 Å². The minimum atomic E-state index is -3.56. The molecule has 2 aromatic carbocycles. The molecule has 1 N–H and O–H groups in total. The van der Waals surface area contributed by atoms with Crippen molar-refractivity contribution in [1.29, 1.82) is 0 Å². The number of hydrogen-bond acceptors (Lipinski definition) is 4. The van der Waals surface area contributed by atoms with E-state index in [0.29, 0.717) is 42.6 Å². The number of ether oxygens (including phenoxy) is 1. The Hall–Kier alpha value is -1.45. The number of morpholine rings is 1. The number of sulfonamides is 1. The molecule has 0 unspecified atom stereocenters. The molecule has 1 saturated heterocycles. The fourth-order valence-corrected chi connectivity index (χ4v) is 4.49. The molecule has 1 fully saturated rings. The number of carbonyl (C=O) groups is 1. The van der Waals surface area contributed by atoms with Gasteiger partial charge in [0.05, 0.1) is 28.7 Å². The molecule has 0 bridgehead atoms. The molecule has 0 spiro atoms. The van der Waals surface area contributed by atoms with Crippen molar-refractivity contribution in [1.82, 2.24) is 4.31 Å². The van der Waals surface area contributed by atoms with E-state index in [4.69, 9.17) is 16.3 Å². The summed E-state index contributed by atoms with van der Waals surface area (Å²) >= 11 is 9.35. The summed E-state index contributed by atoms with van der Waals surface area (Å²) in [5, 5.41) is 3.04. The maximum atomic E-state index is 12.6. The highest BCUT2D eigenvalue weighted by Gasteiger charge is 2.26.